The van der Waals surface area contributed by atoms with Crippen LogP contribution in [0.15, 0.2) is 18.2 Å². The van der Waals surface area contributed by atoms with Crippen LogP contribution in [0.4, 0.5) is 0 Å². The number of carbonyl (C=O) groups is 2. The summed E-state index contributed by atoms with van der Waals surface area (Å²) in [7, 11) is 3.88. The molecule has 0 unspecified atom stereocenters. The highest BCUT2D eigenvalue weighted by molar-refractivity contribution is 7.13. The molecule has 0 spiro atoms. The number of aromatic nitrogens is 4. The monoisotopic (exact) mass is 530 g/mol. The van der Waals surface area contributed by atoms with E-state index >= 15 is 0 Å². The number of hydrogen-bond acceptors (Lipinski definition) is 7. The number of ketones is 1. The van der Waals surface area contributed by atoms with Crippen molar-refractivity contribution in [3.8, 4) is 0 Å². The molecule has 2 aromatic heterocycles. The Morgan fingerprint density at radius 3 is 2.58 bits per heavy atom. The fraction of sp³-hybridized carbons (Fsp3) is 0.381. The molecule has 1 N–H and O–H groups in total. The minimum absolute atomic E-state index is 0. The molecular weight excluding hydrogens is 507 g/mol. The third-order valence-corrected chi connectivity index (χ3v) is 6.66. The highest BCUT2D eigenvalue weighted by Gasteiger charge is 2.21. The maximum Gasteiger partial charge on any atom is 0.263 e. The summed E-state index contributed by atoms with van der Waals surface area (Å²) < 4.78 is 1.64. The number of hydrogen-bond donors (Lipinski definition) is 1. The number of halogens is 3. The summed E-state index contributed by atoms with van der Waals surface area (Å²) >= 11 is 13.3. The van der Waals surface area contributed by atoms with E-state index in [4.69, 9.17) is 23.2 Å². The highest BCUT2D eigenvalue weighted by atomic mass is 35.5. The second-order valence-corrected chi connectivity index (χ2v) is 9.51. The SMILES string of the molecule is Cc1nc(CC(=O)c2nnn(Cc3ccc(Cl)c(Cl)c3)c2C)sc1C(=O)NCCN(C)C.Cl. The van der Waals surface area contributed by atoms with Crippen LogP contribution in [0.25, 0.3) is 0 Å². The van der Waals surface area contributed by atoms with Crippen molar-refractivity contribution in [1.82, 2.24) is 30.2 Å². The molecule has 1 aromatic carbocycles. The van der Waals surface area contributed by atoms with Crippen LogP contribution in [0.2, 0.25) is 10.0 Å². The summed E-state index contributed by atoms with van der Waals surface area (Å²) in [5, 5.41) is 12.6. The van der Waals surface area contributed by atoms with Crippen LogP contribution in [0, 0.1) is 13.8 Å². The third-order valence-electron chi connectivity index (χ3n) is 4.77. The predicted octanol–water partition coefficient (Wildman–Crippen LogP) is 3.85. The lowest BCUT2D eigenvalue weighted by atomic mass is 10.2. The zero-order chi connectivity index (χ0) is 23.4. The first kappa shape index (κ1) is 27.2. The van der Waals surface area contributed by atoms with Gasteiger partial charge in [-0.25, -0.2) is 9.67 Å². The van der Waals surface area contributed by atoms with Gasteiger partial charge in [-0.2, -0.15) is 0 Å². The van der Waals surface area contributed by atoms with Crippen LogP contribution in [-0.4, -0.2) is 63.8 Å². The van der Waals surface area contributed by atoms with Gasteiger partial charge in [-0.1, -0.05) is 34.5 Å². The first-order chi connectivity index (χ1) is 15.2. The summed E-state index contributed by atoms with van der Waals surface area (Å²) in [4.78, 5) is 32.2. The number of Topliss-reactive ketones (excluding diaryl/α,β-unsaturated/α-hetero) is 1. The van der Waals surface area contributed by atoms with Gasteiger partial charge in [0.25, 0.3) is 5.91 Å². The molecule has 1 amide bonds. The molecule has 0 bridgehead atoms. The average Bonchev–Trinajstić information content (AvgIpc) is 3.27. The van der Waals surface area contributed by atoms with Gasteiger partial charge in [-0.05, 0) is 45.6 Å². The molecule has 0 aliphatic rings. The van der Waals surface area contributed by atoms with E-state index in [0.717, 1.165) is 12.1 Å². The van der Waals surface area contributed by atoms with Gasteiger partial charge >= 0.3 is 0 Å². The van der Waals surface area contributed by atoms with Crippen LogP contribution in [-0.2, 0) is 13.0 Å². The van der Waals surface area contributed by atoms with E-state index in [1.807, 2.05) is 25.1 Å². The molecular formula is C21H25Cl3N6O2S. The normalized spacial score (nSPS) is 10.9. The smallest absolute Gasteiger partial charge is 0.263 e. The molecule has 0 atom stereocenters. The number of likely N-dealkylation sites (N-methyl/N-ethyl adjacent to an activating group) is 1. The minimum Gasteiger partial charge on any atom is -0.350 e. The first-order valence-corrected chi connectivity index (χ1v) is 11.5. The molecule has 0 aliphatic heterocycles. The number of rotatable bonds is 9. The number of amides is 1. The number of carbonyl (C=O) groups excluding carboxylic acids is 2. The molecule has 2 heterocycles. The maximum absolute atomic E-state index is 12.8. The largest absolute Gasteiger partial charge is 0.350 e. The average molecular weight is 532 g/mol. The van der Waals surface area contributed by atoms with E-state index in [1.165, 1.54) is 11.3 Å². The molecule has 8 nitrogen and oxygen atoms in total. The van der Waals surface area contributed by atoms with E-state index in [0.29, 0.717) is 44.4 Å². The fourth-order valence-electron chi connectivity index (χ4n) is 3.01. The summed E-state index contributed by atoms with van der Waals surface area (Å²) in [5.41, 5.74) is 2.44. The number of benzene rings is 1. The molecule has 0 saturated carbocycles. The van der Waals surface area contributed by atoms with Crippen LogP contribution in [0.5, 0.6) is 0 Å². The van der Waals surface area contributed by atoms with E-state index in [2.05, 4.69) is 20.6 Å². The van der Waals surface area contributed by atoms with Gasteiger partial charge in [-0.15, -0.1) is 28.8 Å². The first-order valence-electron chi connectivity index (χ1n) is 9.92. The second kappa shape index (κ2) is 11.9. The van der Waals surface area contributed by atoms with Gasteiger partial charge in [0.1, 0.15) is 9.88 Å². The molecule has 0 saturated heterocycles. The molecule has 3 aromatic rings. The van der Waals surface area contributed by atoms with Gasteiger partial charge in [0.15, 0.2) is 11.5 Å². The number of aryl methyl sites for hydroxylation is 1. The Labute approximate surface area is 212 Å². The van der Waals surface area contributed by atoms with Gasteiger partial charge in [0, 0.05) is 13.1 Å². The molecule has 0 radical (unpaired) electrons. The molecule has 12 heteroatoms. The van der Waals surface area contributed by atoms with E-state index in [9.17, 15) is 9.59 Å². The molecule has 3 rings (SSSR count). The van der Waals surface area contributed by atoms with Crippen molar-refractivity contribution in [3.63, 3.8) is 0 Å². The zero-order valence-electron chi connectivity index (χ0n) is 18.7. The van der Waals surface area contributed by atoms with Crippen molar-refractivity contribution >= 4 is 58.6 Å². The van der Waals surface area contributed by atoms with E-state index in [1.54, 1.807) is 30.7 Å². The van der Waals surface area contributed by atoms with Crippen LogP contribution in [0.3, 0.4) is 0 Å². The van der Waals surface area contributed by atoms with Gasteiger partial charge < -0.3 is 10.2 Å². The van der Waals surface area contributed by atoms with Crippen molar-refractivity contribution in [3.05, 3.63) is 60.8 Å². The molecule has 33 heavy (non-hydrogen) atoms. The Hall–Kier alpha value is -2.04. The topological polar surface area (TPSA) is 93.0 Å². The molecule has 0 fully saturated rings. The Kier molecular flexibility index (Phi) is 9.81. The summed E-state index contributed by atoms with van der Waals surface area (Å²) in [5.74, 6) is -0.375. The van der Waals surface area contributed by atoms with Crippen LogP contribution < -0.4 is 5.32 Å². The Balaban J connectivity index is 0.00000385. The number of thiazole rings is 1. The van der Waals surface area contributed by atoms with Crippen molar-refractivity contribution in [1.29, 1.82) is 0 Å². The number of nitrogens with zero attached hydrogens (tertiary/aromatic N) is 5. The lowest BCUT2D eigenvalue weighted by molar-refractivity contribution is 0.0952. The van der Waals surface area contributed by atoms with Gasteiger partial charge in [-0.3, -0.25) is 9.59 Å². The zero-order valence-corrected chi connectivity index (χ0v) is 21.8. The van der Waals surface area contributed by atoms with E-state index < -0.39 is 0 Å². The maximum atomic E-state index is 12.8. The van der Waals surface area contributed by atoms with Crippen molar-refractivity contribution in [2.45, 2.75) is 26.8 Å². The molecule has 178 valence electrons. The van der Waals surface area contributed by atoms with Crippen molar-refractivity contribution in [2.75, 3.05) is 27.2 Å². The third kappa shape index (κ3) is 6.97. The lowest BCUT2D eigenvalue weighted by Crippen LogP contribution is -2.31. The quantitative estimate of drug-likeness (QED) is 0.422. The standard InChI is InChI=1S/C21H24Cl2N6O2S.ClH/c1-12-20(21(31)24-7-8-28(3)4)32-18(25-12)10-17(30)19-13(2)29(27-26-19)11-14-5-6-15(22)16(23)9-14;/h5-6,9H,7-8,10-11H2,1-4H3,(H,24,31);1H. The highest BCUT2D eigenvalue weighted by Crippen LogP contribution is 2.24. The summed E-state index contributed by atoms with van der Waals surface area (Å²) in [6.45, 7) is 5.26. The molecule has 0 aliphatic carbocycles. The lowest BCUT2D eigenvalue weighted by Gasteiger charge is -2.09. The van der Waals surface area contributed by atoms with Crippen molar-refractivity contribution in [2.24, 2.45) is 0 Å². The fourth-order valence-corrected chi connectivity index (χ4v) is 4.31. The Bertz CT molecular complexity index is 1150. The minimum atomic E-state index is -0.198. The van der Waals surface area contributed by atoms with Gasteiger partial charge in [0.2, 0.25) is 0 Å². The van der Waals surface area contributed by atoms with Crippen molar-refractivity contribution < 1.29 is 9.59 Å². The van der Waals surface area contributed by atoms with Crippen LogP contribution in [0.1, 0.15) is 42.1 Å². The Morgan fingerprint density at radius 2 is 1.91 bits per heavy atom. The summed E-state index contributed by atoms with van der Waals surface area (Å²) in [6, 6.07) is 5.33. The summed E-state index contributed by atoms with van der Waals surface area (Å²) in [6.07, 6.45) is 0.0583. The predicted molar refractivity (Wildman–Crippen MR) is 133 cm³/mol. The second-order valence-electron chi connectivity index (χ2n) is 7.61. The van der Waals surface area contributed by atoms with Crippen LogP contribution >= 0.6 is 46.9 Å². The van der Waals surface area contributed by atoms with Gasteiger partial charge in [0.05, 0.1) is 34.4 Å². The Morgan fingerprint density at radius 1 is 1.18 bits per heavy atom. The van der Waals surface area contributed by atoms with E-state index in [-0.39, 0.29) is 36.2 Å². The number of nitrogens with one attached hydrogen (secondary N) is 1.